The van der Waals surface area contributed by atoms with E-state index < -0.39 is 0 Å². The SMILES string of the molecule is O=C/C=C/C=C/N1CCCCC1. The third kappa shape index (κ3) is 3.37. The summed E-state index contributed by atoms with van der Waals surface area (Å²) in [6.07, 6.45) is 12.0. The number of piperidine rings is 1. The van der Waals surface area contributed by atoms with E-state index in [2.05, 4.69) is 11.1 Å². The van der Waals surface area contributed by atoms with Crippen LogP contribution in [0.25, 0.3) is 0 Å². The number of aldehydes is 1. The number of carbonyl (C=O) groups is 1. The van der Waals surface area contributed by atoms with Crippen LogP contribution in [0.15, 0.2) is 24.4 Å². The highest BCUT2D eigenvalue weighted by molar-refractivity contribution is 5.65. The molecule has 0 unspecified atom stereocenters. The van der Waals surface area contributed by atoms with E-state index in [0.29, 0.717) is 0 Å². The van der Waals surface area contributed by atoms with E-state index in [1.54, 1.807) is 6.08 Å². The van der Waals surface area contributed by atoms with E-state index in [1.165, 1.54) is 25.3 Å². The van der Waals surface area contributed by atoms with Crippen LogP contribution in [0.1, 0.15) is 19.3 Å². The predicted octanol–water partition coefficient (Wildman–Crippen LogP) is 1.74. The molecule has 1 heterocycles. The lowest BCUT2D eigenvalue weighted by Crippen LogP contribution is -2.23. The van der Waals surface area contributed by atoms with Crippen LogP contribution in [0.3, 0.4) is 0 Å². The number of rotatable bonds is 3. The quantitative estimate of drug-likeness (QED) is 0.360. The number of allylic oxidation sites excluding steroid dienone is 3. The van der Waals surface area contributed by atoms with Crippen molar-refractivity contribution in [3.8, 4) is 0 Å². The molecule has 1 saturated heterocycles. The van der Waals surface area contributed by atoms with E-state index in [0.717, 1.165) is 19.4 Å². The molecule has 0 saturated carbocycles. The number of hydrogen-bond donors (Lipinski definition) is 0. The Balaban J connectivity index is 2.23. The molecule has 0 atom stereocenters. The summed E-state index contributed by atoms with van der Waals surface area (Å²) < 4.78 is 0. The van der Waals surface area contributed by atoms with E-state index in [9.17, 15) is 4.79 Å². The van der Waals surface area contributed by atoms with Crippen LogP contribution < -0.4 is 0 Å². The van der Waals surface area contributed by atoms with Crippen molar-refractivity contribution in [2.24, 2.45) is 0 Å². The molecule has 0 aromatic carbocycles. The van der Waals surface area contributed by atoms with Crippen molar-refractivity contribution in [1.29, 1.82) is 0 Å². The third-order valence-electron chi connectivity index (χ3n) is 1.99. The maximum atomic E-state index is 9.92. The molecule has 0 spiro atoms. The fourth-order valence-corrected chi connectivity index (χ4v) is 1.35. The van der Waals surface area contributed by atoms with Crippen LogP contribution in [0, 0.1) is 0 Å². The molecular weight excluding hydrogens is 150 g/mol. The zero-order valence-corrected chi connectivity index (χ0v) is 7.28. The monoisotopic (exact) mass is 165 g/mol. The van der Waals surface area contributed by atoms with Crippen LogP contribution in [0.2, 0.25) is 0 Å². The van der Waals surface area contributed by atoms with Gasteiger partial charge < -0.3 is 4.90 Å². The summed E-state index contributed by atoms with van der Waals surface area (Å²) in [6, 6.07) is 0. The minimum absolute atomic E-state index is 0.792. The van der Waals surface area contributed by atoms with E-state index >= 15 is 0 Å². The van der Waals surface area contributed by atoms with Crippen LogP contribution in [0.4, 0.5) is 0 Å². The molecule has 0 aromatic heterocycles. The highest BCUT2D eigenvalue weighted by Crippen LogP contribution is 2.08. The molecule has 66 valence electrons. The second-order valence-corrected chi connectivity index (χ2v) is 2.96. The van der Waals surface area contributed by atoms with Gasteiger partial charge in [0, 0.05) is 13.1 Å². The first kappa shape index (κ1) is 9.04. The summed E-state index contributed by atoms with van der Waals surface area (Å²) in [7, 11) is 0. The van der Waals surface area contributed by atoms with Gasteiger partial charge in [-0.15, -0.1) is 0 Å². The second-order valence-electron chi connectivity index (χ2n) is 2.96. The van der Waals surface area contributed by atoms with Crippen molar-refractivity contribution in [1.82, 2.24) is 4.90 Å². The molecule has 1 fully saturated rings. The van der Waals surface area contributed by atoms with Crippen molar-refractivity contribution in [3.63, 3.8) is 0 Å². The second kappa shape index (κ2) is 5.58. The molecule has 0 aromatic rings. The average Bonchev–Trinajstić information content (AvgIpc) is 2.14. The van der Waals surface area contributed by atoms with Crippen LogP contribution in [-0.4, -0.2) is 24.3 Å². The lowest BCUT2D eigenvalue weighted by Gasteiger charge is -2.24. The van der Waals surface area contributed by atoms with E-state index in [4.69, 9.17) is 0 Å². The standard InChI is InChI=1S/C10H15NO/c12-10-6-2-5-9-11-7-3-1-4-8-11/h2,5-6,9-10H,1,3-4,7-8H2/b6-2+,9-5+. The van der Waals surface area contributed by atoms with Gasteiger partial charge in [0.15, 0.2) is 0 Å². The minimum atomic E-state index is 0.792. The number of nitrogens with zero attached hydrogens (tertiary/aromatic N) is 1. The summed E-state index contributed by atoms with van der Waals surface area (Å²) in [5.41, 5.74) is 0. The van der Waals surface area contributed by atoms with Crippen LogP contribution >= 0.6 is 0 Å². The van der Waals surface area contributed by atoms with Gasteiger partial charge in [0.1, 0.15) is 6.29 Å². The Morgan fingerprint density at radius 2 is 1.67 bits per heavy atom. The average molecular weight is 165 g/mol. The Bertz CT molecular complexity index is 178. The predicted molar refractivity (Wildman–Crippen MR) is 49.8 cm³/mol. The van der Waals surface area contributed by atoms with Gasteiger partial charge in [-0.05, 0) is 37.6 Å². The molecule has 0 N–H and O–H groups in total. The Hall–Kier alpha value is -1.05. The molecule has 12 heavy (non-hydrogen) atoms. The molecule has 0 amide bonds. The molecule has 2 nitrogen and oxygen atoms in total. The summed E-state index contributed by atoms with van der Waals surface area (Å²) in [5, 5.41) is 0. The van der Waals surface area contributed by atoms with Gasteiger partial charge >= 0.3 is 0 Å². The Kier molecular flexibility index (Phi) is 4.21. The van der Waals surface area contributed by atoms with Gasteiger partial charge in [-0.25, -0.2) is 0 Å². The molecule has 0 aliphatic carbocycles. The van der Waals surface area contributed by atoms with Gasteiger partial charge in [0.25, 0.3) is 0 Å². The van der Waals surface area contributed by atoms with E-state index in [-0.39, 0.29) is 0 Å². The van der Waals surface area contributed by atoms with Crippen molar-refractivity contribution in [2.45, 2.75) is 19.3 Å². The lowest BCUT2D eigenvalue weighted by molar-refractivity contribution is -0.104. The summed E-state index contributed by atoms with van der Waals surface area (Å²) in [4.78, 5) is 12.2. The molecule has 0 radical (unpaired) electrons. The summed E-state index contributed by atoms with van der Waals surface area (Å²) in [5.74, 6) is 0. The van der Waals surface area contributed by atoms with Gasteiger partial charge in [-0.2, -0.15) is 0 Å². The van der Waals surface area contributed by atoms with Crippen LogP contribution in [0.5, 0.6) is 0 Å². The van der Waals surface area contributed by atoms with Gasteiger partial charge in [-0.3, -0.25) is 4.79 Å². The van der Waals surface area contributed by atoms with Crippen molar-refractivity contribution >= 4 is 6.29 Å². The zero-order chi connectivity index (χ0) is 8.65. The topological polar surface area (TPSA) is 20.3 Å². The number of hydrogen-bond acceptors (Lipinski definition) is 2. The minimum Gasteiger partial charge on any atom is -0.377 e. The highest BCUT2D eigenvalue weighted by Gasteiger charge is 2.03. The van der Waals surface area contributed by atoms with E-state index in [1.807, 2.05) is 6.08 Å². The molecule has 1 rings (SSSR count). The lowest BCUT2D eigenvalue weighted by atomic mass is 10.1. The third-order valence-corrected chi connectivity index (χ3v) is 1.99. The maximum absolute atomic E-state index is 9.92. The molecule has 0 bridgehead atoms. The zero-order valence-electron chi connectivity index (χ0n) is 7.28. The first-order valence-electron chi connectivity index (χ1n) is 4.46. The Labute approximate surface area is 73.6 Å². The van der Waals surface area contributed by atoms with Gasteiger partial charge in [0.2, 0.25) is 0 Å². The molecule has 2 heteroatoms. The summed E-state index contributed by atoms with van der Waals surface area (Å²) in [6.45, 7) is 2.32. The normalized spacial score (nSPS) is 19.2. The highest BCUT2D eigenvalue weighted by atomic mass is 16.1. The van der Waals surface area contributed by atoms with Crippen LogP contribution in [-0.2, 0) is 4.79 Å². The largest absolute Gasteiger partial charge is 0.377 e. The van der Waals surface area contributed by atoms with Crippen molar-refractivity contribution in [2.75, 3.05) is 13.1 Å². The Morgan fingerprint density at radius 3 is 2.33 bits per heavy atom. The fourth-order valence-electron chi connectivity index (χ4n) is 1.35. The van der Waals surface area contributed by atoms with Crippen molar-refractivity contribution in [3.05, 3.63) is 24.4 Å². The summed E-state index contributed by atoms with van der Waals surface area (Å²) >= 11 is 0. The molecular formula is C10H15NO. The molecule has 1 aliphatic rings. The first-order valence-corrected chi connectivity index (χ1v) is 4.46. The fraction of sp³-hybridized carbons (Fsp3) is 0.500. The Morgan fingerprint density at radius 1 is 0.917 bits per heavy atom. The number of carbonyl (C=O) groups excluding carboxylic acids is 1. The maximum Gasteiger partial charge on any atom is 0.142 e. The van der Waals surface area contributed by atoms with Crippen molar-refractivity contribution < 1.29 is 4.79 Å². The smallest absolute Gasteiger partial charge is 0.142 e. The molecule has 1 aliphatic heterocycles. The van der Waals surface area contributed by atoms with Gasteiger partial charge in [0.05, 0.1) is 0 Å². The van der Waals surface area contributed by atoms with Gasteiger partial charge in [-0.1, -0.05) is 6.08 Å². The first-order chi connectivity index (χ1) is 5.93. The number of likely N-dealkylation sites (tertiary alicyclic amines) is 1.